The van der Waals surface area contributed by atoms with E-state index >= 15 is 0 Å². The number of benzene rings is 1. The van der Waals surface area contributed by atoms with Gasteiger partial charge in [-0.3, -0.25) is 9.48 Å². The van der Waals surface area contributed by atoms with E-state index in [1.807, 2.05) is 31.0 Å². The number of aromatic nitrogens is 3. The Morgan fingerprint density at radius 2 is 1.96 bits per heavy atom. The van der Waals surface area contributed by atoms with Gasteiger partial charge in [0.1, 0.15) is 18.7 Å². The zero-order valence-electron chi connectivity index (χ0n) is 16.0. The summed E-state index contributed by atoms with van der Waals surface area (Å²) in [7, 11) is 1.85. The van der Waals surface area contributed by atoms with E-state index in [2.05, 4.69) is 37.8 Å². The minimum atomic E-state index is 0.203. The third kappa shape index (κ3) is 5.06. The molecule has 8 heteroatoms. The quantitative estimate of drug-likeness (QED) is 0.435. The van der Waals surface area contributed by atoms with E-state index in [9.17, 15) is 4.79 Å². The fourth-order valence-corrected chi connectivity index (χ4v) is 3.07. The molecule has 1 aromatic heterocycles. The molecule has 144 valence electrons. The number of hydrogen-bond donors (Lipinski definition) is 2. The zero-order chi connectivity index (χ0) is 19.1. The Morgan fingerprint density at radius 1 is 1.22 bits per heavy atom. The van der Waals surface area contributed by atoms with Crippen molar-refractivity contribution in [2.45, 2.75) is 39.4 Å². The molecule has 0 atom stereocenters. The van der Waals surface area contributed by atoms with Crippen LogP contribution in [0.25, 0.3) is 0 Å². The molecular formula is C19H27N7O. The highest BCUT2D eigenvalue weighted by molar-refractivity contribution is 5.80. The molecular weight excluding hydrogens is 342 g/mol. The molecule has 0 aliphatic carbocycles. The van der Waals surface area contributed by atoms with Crippen molar-refractivity contribution < 1.29 is 4.79 Å². The average Bonchev–Trinajstić information content (AvgIpc) is 3.28. The van der Waals surface area contributed by atoms with Gasteiger partial charge in [0.15, 0.2) is 5.96 Å². The molecule has 2 aromatic rings. The lowest BCUT2D eigenvalue weighted by Gasteiger charge is -2.16. The number of nitrogens with zero attached hydrogens (tertiary/aromatic N) is 5. The standard InChI is InChI=1S/C19H27N7O/c1-3-20-19(22-11-17-23-14-24-25(17)2)21-10-6-9-18(27)26-12-15-7-4-5-8-16(15)13-26/h4-5,7-8,14H,3,6,9-13H2,1-2H3,(H2,20,21,22). The fourth-order valence-electron chi connectivity index (χ4n) is 3.07. The first-order valence-corrected chi connectivity index (χ1v) is 9.37. The molecule has 1 aliphatic heterocycles. The first kappa shape index (κ1) is 18.9. The van der Waals surface area contributed by atoms with Crippen LogP contribution in [0.5, 0.6) is 0 Å². The maximum Gasteiger partial charge on any atom is 0.223 e. The summed E-state index contributed by atoms with van der Waals surface area (Å²) in [6.45, 7) is 5.39. The second kappa shape index (κ2) is 9.16. The van der Waals surface area contributed by atoms with E-state index in [0.717, 1.165) is 37.8 Å². The van der Waals surface area contributed by atoms with Crippen LogP contribution in [-0.2, 0) is 31.5 Å². The van der Waals surface area contributed by atoms with Crippen molar-refractivity contribution in [1.29, 1.82) is 0 Å². The first-order valence-electron chi connectivity index (χ1n) is 9.37. The second-order valence-electron chi connectivity index (χ2n) is 6.54. The summed E-state index contributed by atoms with van der Waals surface area (Å²) in [5, 5.41) is 10.5. The fraction of sp³-hybridized carbons (Fsp3) is 0.474. The molecule has 0 fully saturated rings. The molecule has 8 nitrogen and oxygen atoms in total. The summed E-state index contributed by atoms with van der Waals surface area (Å²) in [4.78, 5) is 23.0. The number of fused-ring (bicyclic) bond motifs is 1. The molecule has 1 aromatic carbocycles. The summed E-state index contributed by atoms with van der Waals surface area (Å²) in [6.07, 6.45) is 2.82. The van der Waals surface area contributed by atoms with Crippen molar-refractivity contribution in [3.63, 3.8) is 0 Å². The van der Waals surface area contributed by atoms with Crippen molar-refractivity contribution in [3.05, 3.63) is 47.5 Å². The van der Waals surface area contributed by atoms with E-state index in [-0.39, 0.29) is 5.91 Å². The Hall–Kier alpha value is -2.90. The van der Waals surface area contributed by atoms with Gasteiger partial charge in [-0.15, -0.1) is 0 Å². The molecule has 0 saturated carbocycles. The van der Waals surface area contributed by atoms with Crippen molar-refractivity contribution in [2.24, 2.45) is 12.0 Å². The van der Waals surface area contributed by atoms with Crippen LogP contribution >= 0.6 is 0 Å². The van der Waals surface area contributed by atoms with E-state index in [0.29, 0.717) is 19.5 Å². The predicted molar refractivity (Wildman–Crippen MR) is 104 cm³/mol. The predicted octanol–water partition coefficient (Wildman–Crippen LogP) is 1.19. The van der Waals surface area contributed by atoms with Crippen LogP contribution < -0.4 is 10.6 Å². The van der Waals surface area contributed by atoms with E-state index in [1.165, 1.54) is 17.5 Å². The molecule has 0 spiro atoms. The molecule has 0 bridgehead atoms. The van der Waals surface area contributed by atoms with E-state index in [1.54, 1.807) is 4.68 Å². The molecule has 0 saturated heterocycles. The zero-order valence-corrected chi connectivity index (χ0v) is 16.0. The molecule has 1 aliphatic rings. The summed E-state index contributed by atoms with van der Waals surface area (Å²) >= 11 is 0. The molecule has 27 heavy (non-hydrogen) atoms. The average molecular weight is 369 g/mol. The van der Waals surface area contributed by atoms with Crippen LogP contribution in [-0.4, -0.2) is 44.6 Å². The van der Waals surface area contributed by atoms with Crippen LogP contribution in [0.15, 0.2) is 35.6 Å². The van der Waals surface area contributed by atoms with Gasteiger partial charge in [-0.2, -0.15) is 5.10 Å². The van der Waals surface area contributed by atoms with Gasteiger partial charge in [-0.25, -0.2) is 9.98 Å². The van der Waals surface area contributed by atoms with Crippen molar-refractivity contribution in [2.75, 3.05) is 13.1 Å². The molecule has 0 unspecified atom stereocenters. The van der Waals surface area contributed by atoms with E-state index in [4.69, 9.17) is 0 Å². The van der Waals surface area contributed by atoms with Crippen LogP contribution in [0.2, 0.25) is 0 Å². The smallest absolute Gasteiger partial charge is 0.223 e. The maximum absolute atomic E-state index is 12.4. The van der Waals surface area contributed by atoms with Crippen LogP contribution in [0.1, 0.15) is 36.7 Å². The Bertz CT molecular complexity index is 774. The number of carbonyl (C=O) groups excluding carboxylic acids is 1. The Labute approximate surface area is 159 Å². The summed E-state index contributed by atoms with van der Waals surface area (Å²) < 4.78 is 1.71. The van der Waals surface area contributed by atoms with Gasteiger partial charge in [0.25, 0.3) is 0 Å². The lowest BCUT2D eigenvalue weighted by molar-refractivity contribution is -0.131. The van der Waals surface area contributed by atoms with Crippen molar-refractivity contribution in [3.8, 4) is 0 Å². The van der Waals surface area contributed by atoms with Crippen LogP contribution in [0.4, 0.5) is 0 Å². The normalized spacial score (nSPS) is 13.6. The highest BCUT2D eigenvalue weighted by Crippen LogP contribution is 2.22. The number of amides is 1. The molecule has 2 heterocycles. The third-order valence-electron chi connectivity index (χ3n) is 4.58. The van der Waals surface area contributed by atoms with Crippen LogP contribution in [0, 0.1) is 0 Å². The van der Waals surface area contributed by atoms with Gasteiger partial charge in [0.05, 0.1) is 0 Å². The first-order chi connectivity index (χ1) is 13.2. The molecule has 2 N–H and O–H groups in total. The Morgan fingerprint density at radius 3 is 2.59 bits per heavy atom. The lowest BCUT2D eigenvalue weighted by atomic mass is 10.1. The van der Waals surface area contributed by atoms with Gasteiger partial charge in [0.2, 0.25) is 5.91 Å². The van der Waals surface area contributed by atoms with Gasteiger partial charge < -0.3 is 15.5 Å². The number of carbonyl (C=O) groups is 1. The van der Waals surface area contributed by atoms with Gasteiger partial charge in [-0.05, 0) is 24.5 Å². The topological polar surface area (TPSA) is 87.4 Å². The highest BCUT2D eigenvalue weighted by Gasteiger charge is 2.22. The lowest BCUT2D eigenvalue weighted by Crippen LogP contribution is -2.38. The molecule has 0 radical (unpaired) electrons. The second-order valence-corrected chi connectivity index (χ2v) is 6.54. The molecule has 1 amide bonds. The summed E-state index contributed by atoms with van der Waals surface area (Å²) in [6, 6.07) is 8.25. The van der Waals surface area contributed by atoms with Crippen LogP contribution in [0.3, 0.4) is 0 Å². The van der Waals surface area contributed by atoms with Crippen molar-refractivity contribution >= 4 is 11.9 Å². The summed E-state index contributed by atoms with van der Waals surface area (Å²) in [5.74, 6) is 1.73. The number of aliphatic imine (C=N–C) groups is 1. The monoisotopic (exact) mass is 369 g/mol. The Balaban J connectivity index is 1.41. The van der Waals surface area contributed by atoms with Gasteiger partial charge >= 0.3 is 0 Å². The number of rotatable bonds is 7. The number of aryl methyl sites for hydroxylation is 1. The number of hydrogen-bond acceptors (Lipinski definition) is 4. The van der Waals surface area contributed by atoms with Crippen molar-refractivity contribution in [1.82, 2.24) is 30.3 Å². The largest absolute Gasteiger partial charge is 0.357 e. The summed E-state index contributed by atoms with van der Waals surface area (Å²) in [5.41, 5.74) is 2.52. The third-order valence-corrected chi connectivity index (χ3v) is 4.58. The number of nitrogens with one attached hydrogen (secondary N) is 2. The Kier molecular flexibility index (Phi) is 6.40. The number of guanidine groups is 1. The molecule has 3 rings (SSSR count). The van der Waals surface area contributed by atoms with Gasteiger partial charge in [-0.1, -0.05) is 24.3 Å². The highest BCUT2D eigenvalue weighted by atomic mass is 16.2. The van der Waals surface area contributed by atoms with E-state index < -0.39 is 0 Å². The van der Waals surface area contributed by atoms with Gasteiger partial charge in [0, 0.05) is 39.6 Å². The SMILES string of the molecule is CCNC(=NCc1ncnn1C)NCCCC(=O)N1Cc2ccccc2C1. The minimum absolute atomic E-state index is 0.203. The minimum Gasteiger partial charge on any atom is -0.357 e. The maximum atomic E-state index is 12.4.